The molecule has 5 nitrogen and oxygen atoms in total. The van der Waals surface area contributed by atoms with Crippen molar-refractivity contribution in [1.82, 2.24) is 14.5 Å². The zero-order chi connectivity index (χ0) is 22.6. The molecular formula is C26H21BrN4OS. The van der Waals surface area contributed by atoms with E-state index in [4.69, 9.17) is 4.98 Å². The highest BCUT2D eigenvalue weighted by Gasteiger charge is 2.21. The van der Waals surface area contributed by atoms with Crippen LogP contribution in [0, 0.1) is 0 Å². The number of imidazole rings is 1. The zero-order valence-electron chi connectivity index (χ0n) is 17.8. The van der Waals surface area contributed by atoms with Gasteiger partial charge in [-0.2, -0.15) is 0 Å². The Bertz CT molecular complexity index is 1360. The molecule has 5 rings (SSSR count). The summed E-state index contributed by atoms with van der Waals surface area (Å²) < 4.78 is 4.07. The number of rotatable bonds is 7. The van der Waals surface area contributed by atoms with Crippen LogP contribution < -0.4 is 4.90 Å². The molecule has 7 heteroatoms. The number of aromatic nitrogens is 3. The molecule has 2 aromatic heterocycles. The first-order valence-electron chi connectivity index (χ1n) is 10.7. The first kappa shape index (κ1) is 21.6. The quantitative estimate of drug-likeness (QED) is 0.243. The lowest BCUT2D eigenvalue weighted by molar-refractivity contribution is 0.0986. The van der Waals surface area contributed by atoms with Gasteiger partial charge in [-0.3, -0.25) is 9.69 Å². The van der Waals surface area contributed by atoms with Gasteiger partial charge in [-0.05, 0) is 47.9 Å². The third kappa shape index (κ3) is 4.89. The number of benzene rings is 3. The topological polar surface area (TPSA) is 51.0 Å². The van der Waals surface area contributed by atoms with Crippen molar-refractivity contribution in [2.45, 2.75) is 13.0 Å². The minimum Gasteiger partial charge on any atom is -0.337 e. The molecule has 2 heterocycles. The van der Waals surface area contributed by atoms with E-state index in [-0.39, 0.29) is 5.91 Å². The number of halogens is 1. The number of thiazole rings is 1. The summed E-state index contributed by atoms with van der Waals surface area (Å²) in [4.78, 5) is 24.3. The molecule has 0 atom stereocenters. The van der Waals surface area contributed by atoms with Crippen LogP contribution in [0.5, 0.6) is 0 Å². The Morgan fingerprint density at radius 2 is 1.79 bits per heavy atom. The molecule has 0 spiro atoms. The summed E-state index contributed by atoms with van der Waals surface area (Å²) in [5, 5.41) is 0.714. The first-order chi connectivity index (χ1) is 16.2. The van der Waals surface area contributed by atoms with Gasteiger partial charge in [0.1, 0.15) is 0 Å². The van der Waals surface area contributed by atoms with E-state index in [0.29, 0.717) is 17.2 Å². The van der Waals surface area contributed by atoms with Crippen LogP contribution in [0.1, 0.15) is 16.8 Å². The van der Waals surface area contributed by atoms with Crippen LogP contribution in [0.2, 0.25) is 0 Å². The van der Waals surface area contributed by atoms with E-state index in [0.717, 1.165) is 38.8 Å². The van der Waals surface area contributed by atoms with Gasteiger partial charge in [-0.15, -0.1) is 0 Å². The Hall–Kier alpha value is -3.29. The summed E-state index contributed by atoms with van der Waals surface area (Å²) in [5.41, 5.74) is 3.76. The maximum Gasteiger partial charge on any atom is 0.260 e. The molecule has 0 saturated carbocycles. The molecule has 0 unspecified atom stereocenters. The van der Waals surface area contributed by atoms with Gasteiger partial charge in [-0.25, -0.2) is 9.97 Å². The number of carbonyl (C=O) groups is 1. The minimum atomic E-state index is -0.0432. The number of hydrogen-bond acceptors (Lipinski definition) is 4. The molecule has 0 saturated heterocycles. The van der Waals surface area contributed by atoms with E-state index in [9.17, 15) is 4.79 Å². The first-order valence-corrected chi connectivity index (χ1v) is 12.3. The van der Waals surface area contributed by atoms with Crippen molar-refractivity contribution in [3.05, 3.63) is 102 Å². The third-order valence-electron chi connectivity index (χ3n) is 5.41. The predicted octanol–water partition coefficient (Wildman–Crippen LogP) is 6.66. The Kier molecular flexibility index (Phi) is 6.32. The van der Waals surface area contributed by atoms with Gasteiger partial charge in [0.15, 0.2) is 5.13 Å². The highest BCUT2D eigenvalue weighted by Crippen LogP contribution is 2.32. The standard InChI is InChI=1S/C26H21BrN4OS/c27-22-11-12-23-24(17-22)33-26(29-23)31(15-4-14-30-16-13-28-18-30)25(32)21-9-7-20(8-10-21)19-5-2-1-3-6-19/h1-3,5-13,16-18H,4,14-15H2. The van der Waals surface area contributed by atoms with Crippen molar-refractivity contribution in [1.29, 1.82) is 0 Å². The highest BCUT2D eigenvalue weighted by molar-refractivity contribution is 9.10. The molecule has 0 aliphatic carbocycles. The van der Waals surface area contributed by atoms with Crippen molar-refractivity contribution in [2.75, 3.05) is 11.4 Å². The van der Waals surface area contributed by atoms with E-state index in [1.807, 2.05) is 71.4 Å². The van der Waals surface area contributed by atoms with Crippen LogP contribution in [-0.2, 0) is 6.54 Å². The summed E-state index contributed by atoms with van der Waals surface area (Å²) in [6.07, 6.45) is 6.29. The SMILES string of the molecule is O=C(c1ccc(-c2ccccc2)cc1)N(CCCn1ccnc1)c1nc2ccc(Br)cc2s1. The van der Waals surface area contributed by atoms with Gasteiger partial charge < -0.3 is 4.57 Å². The van der Waals surface area contributed by atoms with Gasteiger partial charge in [0.05, 0.1) is 16.5 Å². The maximum absolute atomic E-state index is 13.6. The molecule has 1 amide bonds. The van der Waals surface area contributed by atoms with Gasteiger partial charge in [-0.1, -0.05) is 69.7 Å². The third-order valence-corrected chi connectivity index (χ3v) is 6.95. The lowest BCUT2D eigenvalue weighted by Gasteiger charge is -2.20. The molecule has 0 radical (unpaired) electrons. The number of amides is 1. The fourth-order valence-electron chi connectivity index (χ4n) is 3.71. The van der Waals surface area contributed by atoms with E-state index in [1.54, 1.807) is 17.4 Å². The van der Waals surface area contributed by atoms with Crippen LogP contribution >= 0.6 is 27.3 Å². The molecule has 3 aromatic carbocycles. The summed E-state index contributed by atoms with van der Waals surface area (Å²) in [6.45, 7) is 1.35. The number of anilines is 1. The second-order valence-electron chi connectivity index (χ2n) is 7.66. The number of carbonyl (C=O) groups excluding carboxylic acids is 1. The van der Waals surface area contributed by atoms with E-state index >= 15 is 0 Å². The summed E-state index contributed by atoms with van der Waals surface area (Å²) in [5.74, 6) is -0.0432. The average molecular weight is 517 g/mol. The fraction of sp³-hybridized carbons (Fsp3) is 0.115. The molecule has 164 valence electrons. The van der Waals surface area contributed by atoms with Crippen molar-refractivity contribution >= 4 is 48.5 Å². The van der Waals surface area contributed by atoms with Gasteiger partial charge >= 0.3 is 0 Å². The Balaban J connectivity index is 1.42. The Morgan fingerprint density at radius 3 is 2.55 bits per heavy atom. The molecule has 5 aromatic rings. The second kappa shape index (κ2) is 9.68. The Morgan fingerprint density at radius 1 is 1.00 bits per heavy atom. The zero-order valence-corrected chi connectivity index (χ0v) is 20.2. The predicted molar refractivity (Wildman–Crippen MR) is 138 cm³/mol. The molecule has 0 N–H and O–H groups in total. The van der Waals surface area contributed by atoms with Crippen molar-refractivity contribution in [3.63, 3.8) is 0 Å². The molecule has 0 aliphatic rings. The van der Waals surface area contributed by atoms with Gasteiger partial charge in [0, 0.05) is 35.5 Å². The van der Waals surface area contributed by atoms with E-state index in [2.05, 4.69) is 33.0 Å². The number of fused-ring (bicyclic) bond motifs is 1. The molecular weight excluding hydrogens is 496 g/mol. The van der Waals surface area contributed by atoms with Crippen LogP contribution in [-0.4, -0.2) is 27.0 Å². The van der Waals surface area contributed by atoms with Crippen LogP contribution in [0.25, 0.3) is 21.3 Å². The van der Waals surface area contributed by atoms with E-state index in [1.165, 1.54) is 11.3 Å². The maximum atomic E-state index is 13.6. The van der Waals surface area contributed by atoms with Crippen molar-refractivity contribution in [3.8, 4) is 11.1 Å². The summed E-state index contributed by atoms with van der Waals surface area (Å²) in [6, 6.07) is 24.0. The number of hydrogen-bond donors (Lipinski definition) is 0. The second-order valence-corrected chi connectivity index (χ2v) is 9.59. The lowest BCUT2D eigenvalue weighted by Crippen LogP contribution is -2.32. The fourth-order valence-corrected chi connectivity index (χ4v) is 5.25. The smallest absolute Gasteiger partial charge is 0.260 e. The average Bonchev–Trinajstić information content (AvgIpc) is 3.52. The summed E-state index contributed by atoms with van der Waals surface area (Å²) >= 11 is 5.06. The van der Waals surface area contributed by atoms with Gasteiger partial charge in [0.25, 0.3) is 5.91 Å². The Labute approximate surface area is 204 Å². The largest absolute Gasteiger partial charge is 0.337 e. The van der Waals surface area contributed by atoms with E-state index < -0.39 is 0 Å². The van der Waals surface area contributed by atoms with Crippen LogP contribution in [0.3, 0.4) is 0 Å². The number of nitrogens with zero attached hydrogens (tertiary/aromatic N) is 4. The monoisotopic (exact) mass is 516 g/mol. The highest BCUT2D eigenvalue weighted by atomic mass is 79.9. The molecule has 0 fully saturated rings. The van der Waals surface area contributed by atoms with Gasteiger partial charge in [0.2, 0.25) is 0 Å². The molecule has 0 bridgehead atoms. The van der Waals surface area contributed by atoms with Crippen LogP contribution in [0.15, 0.2) is 96.0 Å². The van der Waals surface area contributed by atoms with Crippen molar-refractivity contribution in [2.24, 2.45) is 0 Å². The number of aryl methyl sites for hydroxylation is 1. The summed E-state index contributed by atoms with van der Waals surface area (Å²) in [7, 11) is 0. The van der Waals surface area contributed by atoms with Crippen LogP contribution in [0.4, 0.5) is 5.13 Å². The lowest BCUT2D eigenvalue weighted by atomic mass is 10.0. The van der Waals surface area contributed by atoms with Crippen molar-refractivity contribution < 1.29 is 4.79 Å². The molecule has 33 heavy (non-hydrogen) atoms. The minimum absolute atomic E-state index is 0.0432. The molecule has 0 aliphatic heterocycles. The normalized spacial score (nSPS) is 11.1.